The number of aromatic nitrogens is 2. The van der Waals surface area contributed by atoms with Crippen molar-refractivity contribution in [1.82, 2.24) is 20.4 Å². The predicted octanol–water partition coefficient (Wildman–Crippen LogP) is -0.0428. The van der Waals surface area contributed by atoms with Gasteiger partial charge in [0.1, 0.15) is 36.4 Å². The molecule has 194 valence electrons. The standard InChI is InChI=1S/C24H24N4O8S/c29-12-15-17(30)18(31)19(32)20(35-15)37-23-27-26-16(36-23)11-28-22(34)25-21(33)24(28,13-7-3-1-4-8-13)14-9-5-2-6-10-14/h1-10,15,17-20,29-32H,11-12H2,(H,25,33,34)/t15-,17-,18+,19-,20+/m1/s1. The smallest absolute Gasteiger partial charge is 0.326 e. The zero-order valence-electron chi connectivity index (χ0n) is 19.2. The van der Waals surface area contributed by atoms with E-state index in [1.807, 2.05) is 12.1 Å². The van der Waals surface area contributed by atoms with Crippen molar-refractivity contribution in [1.29, 1.82) is 0 Å². The first-order chi connectivity index (χ1) is 17.9. The molecule has 0 unspecified atom stereocenters. The predicted molar refractivity (Wildman–Crippen MR) is 127 cm³/mol. The summed E-state index contributed by atoms with van der Waals surface area (Å²) in [5.74, 6) is -0.515. The quantitative estimate of drug-likeness (QED) is 0.260. The molecule has 13 heteroatoms. The van der Waals surface area contributed by atoms with E-state index in [0.29, 0.717) is 11.1 Å². The number of carbonyl (C=O) groups is 2. The van der Waals surface area contributed by atoms with Crippen molar-refractivity contribution < 1.29 is 39.2 Å². The summed E-state index contributed by atoms with van der Waals surface area (Å²) in [6.45, 7) is -0.792. The van der Waals surface area contributed by atoms with E-state index in [1.165, 1.54) is 4.90 Å². The van der Waals surface area contributed by atoms with Crippen LogP contribution in [0.15, 0.2) is 70.3 Å². The highest BCUT2D eigenvalue weighted by Crippen LogP contribution is 2.41. The minimum Gasteiger partial charge on any atom is -0.414 e. The highest BCUT2D eigenvalue weighted by atomic mass is 32.2. The van der Waals surface area contributed by atoms with Crippen LogP contribution in [0.5, 0.6) is 0 Å². The molecule has 3 heterocycles. The second-order valence-electron chi connectivity index (χ2n) is 8.56. The van der Waals surface area contributed by atoms with Crippen LogP contribution in [-0.2, 0) is 21.6 Å². The molecule has 3 aromatic rings. The van der Waals surface area contributed by atoms with Gasteiger partial charge in [-0.2, -0.15) is 0 Å². The molecule has 5 N–H and O–H groups in total. The van der Waals surface area contributed by atoms with Crippen molar-refractivity contribution >= 4 is 23.7 Å². The van der Waals surface area contributed by atoms with Crippen LogP contribution < -0.4 is 5.32 Å². The number of nitrogens with zero attached hydrogens (tertiary/aromatic N) is 3. The molecular formula is C24H24N4O8S. The molecule has 1 aromatic heterocycles. The van der Waals surface area contributed by atoms with E-state index in [4.69, 9.17) is 9.15 Å². The lowest BCUT2D eigenvalue weighted by molar-refractivity contribution is -0.205. The third kappa shape index (κ3) is 4.39. The number of nitrogens with one attached hydrogen (secondary N) is 1. The van der Waals surface area contributed by atoms with E-state index in [2.05, 4.69) is 15.5 Å². The SMILES string of the molecule is O=C1NC(=O)C(c2ccccc2)(c2ccccc2)N1Cc1nnc(S[C@@H]2O[C@H](CO)[C@@H](O)[C@H](O)[C@H]2O)o1. The van der Waals surface area contributed by atoms with E-state index in [9.17, 15) is 30.0 Å². The summed E-state index contributed by atoms with van der Waals surface area (Å²) in [4.78, 5) is 27.7. The Labute approximate surface area is 214 Å². The Bertz CT molecular complexity index is 1220. The van der Waals surface area contributed by atoms with E-state index < -0.39 is 53.9 Å². The van der Waals surface area contributed by atoms with E-state index in [-0.39, 0.29) is 17.7 Å². The maximum atomic E-state index is 13.4. The average molecular weight is 529 g/mol. The van der Waals surface area contributed by atoms with Crippen LogP contribution in [0, 0.1) is 0 Å². The number of urea groups is 1. The fourth-order valence-electron chi connectivity index (χ4n) is 4.57. The lowest BCUT2D eigenvalue weighted by atomic mass is 9.81. The summed E-state index contributed by atoms with van der Waals surface area (Å²) >= 11 is 0.790. The van der Waals surface area contributed by atoms with E-state index >= 15 is 0 Å². The Morgan fingerprint density at radius 3 is 2.14 bits per heavy atom. The highest BCUT2D eigenvalue weighted by Gasteiger charge is 2.56. The first kappa shape index (κ1) is 25.3. The Kier molecular flexibility index (Phi) is 6.98. The van der Waals surface area contributed by atoms with Gasteiger partial charge in [0, 0.05) is 0 Å². The molecule has 37 heavy (non-hydrogen) atoms. The van der Waals surface area contributed by atoms with Crippen LogP contribution in [0.25, 0.3) is 0 Å². The number of benzene rings is 2. The number of hydrogen-bond donors (Lipinski definition) is 5. The lowest BCUT2D eigenvalue weighted by Crippen LogP contribution is -2.57. The Balaban J connectivity index is 1.44. The van der Waals surface area contributed by atoms with Gasteiger partial charge >= 0.3 is 6.03 Å². The molecule has 0 spiro atoms. The van der Waals surface area contributed by atoms with Gasteiger partial charge < -0.3 is 29.6 Å². The van der Waals surface area contributed by atoms with Crippen LogP contribution >= 0.6 is 11.8 Å². The number of rotatable bonds is 7. The van der Waals surface area contributed by atoms with Gasteiger partial charge in [0.2, 0.25) is 5.89 Å². The fourth-order valence-corrected chi connectivity index (χ4v) is 5.50. The zero-order valence-corrected chi connectivity index (χ0v) is 20.1. The summed E-state index contributed by atoms with van der Waals surface area (Å²) in [7, 11) is 0. The van der Waals surface area contributed by atoms with Crippen molar-refractivity contribution in [2.45, 2.75) is 47.2 Å². The van der Waals surface area contributed by atoms with E-state index in [1.54, 1.807) is 48.5 Å². The van der Waals surface area contributed by atoms with Gasteiger partial charge in [-0.1, -0.05) is 60.7 Å². The van der Waals surface area contributed by atoms with Gasteiger partial charge in [-0.3, -0.25) is 15.0 Å². The first-order valence-electron chi connectivity index (χ1n) is 11.4. The number of ether oxygens (including phenoxy) is 1. The molecule has 0 bridgehead atoms. The second-order valence-corrected chi connectivity index (χ2v) is 9.61. The maximum Gasteiger partial charge on any atom is 0.326 e. The van der Waals surface area contributed by atoms with Crippen molar-refractivity contribution in [3.63, 3.8) is 0 Å². The number of hydrogen-bond acceptors (Lipinski definition) is 11. The minimum atomic E-state index is -1.55. The fraction of sp³-hybridized carbons (Fsp3) is 0.333. The van der Waals surface area contributed by atoms with Gasteiger partial charge in [0.25, 0.3) is 11.1 Å². The summed E-state index contributed by atoms with van der Waals surface area (Å²) in [5.41, 5.74) is -1.47. The van der Waals surface area contributed by atoms with Gasteiger partial charge in [-0.25, -0.2) is 4.79 Å². The zero-order chi connectivity index (χ0) is 26.2. The number of amides is 3. The largest absolute Gasteiger partial charge is 0.414 e. The minimum absolute atomic E-state index is 0.00757. The Morgan fingerprint density at radius 2 is 1.54 bits per heavy atom. The normalized spacial score (nSPS) is 27.4. The lowest BCUT2D eigenvalue weighted by Gasteiger charge is -2.39. The highest BCUT2D eigenvalue weighted by molar-refractivity contribution is 7.99. The number of imide groups is 1. The average Bonchev–Trinajstić information content (AvgIpc) is 3.46. The van der Waals surface area contributed by atoms with Crippen molar-refractivity contribution in [3.05, 3.63) is 77.7 Å². The third-order valence-electron chi connectivity index (χ3n) is 6.39. The summed E-state index contributed by atoms with van der Waals surface area (Å²) < 4.78 is 11.1. The number of aliphatic hydroxyl groups excluding tert-OH is 4. The number of aliphatic hydroxyl groups is 4. The number of thioether (sulfide) groups is 1. The monoisotopic (exact) mass is 528 g/mol. The van der Waals surface area contributed by atoms with Crippen molar-refractivity contribution in [3.8, 4) is 0 Å². The Hall–Kier alpha value is -3.33. The summed E-state index contributed by atoms with van der Waals surface area (Å²) in [6.07, 6.45) is -5.63. The molecule has 2 fully saturated rings. The van der Waals surface area contributed by atoms with Crippen LogP contribution in [0.4, 0.5) is 4.79 Å². The van der Waals surface area contributed by atoms with Gasteiger partial charge in [-0.15, -0.1) is 10.2 Å². The number of carbonyl (C=O) groups excluding carboxylic acids is 2. The molecule has 3 amide bonds. The van der Waals surface area contributed by atoms with Gasteiger partial charge in [0.05, 0.1) is 6.61 Å². The van der Waals surface area contributed by atoms with E-state index in [0.717, 1.165) is 11.8 Å². The molecule has 0 aliphatic carbocycles. The first-order valence-corrected chi connectivity index (χ1v) is 12.3. The van der Waals surface area contributed by atoms with Crippen LogP contribution in [0.1, 0.15) is 17.0 Å². The molecular weight excluding hydrogens is 504 g/mol. The van der Waals surface area contributed by atoms with Crippen LogP contribution in [0.3, 0.4) is 0 Å². The molecule has 5 rings (SSSR count). The Morgan fingerprint density at radius 1 is 0.919 bits per heavy atom. The molecule has 12 nitrogen and oxygen atoms in total. The topological polar surface area (TPSA) is 178 Å². The van der Waals surface area contributed by atoms with Crippen LogP contribution in [-0.4, -0.2) is 83.9 Å². The van der Waals surface area contributed by atoms with Crippen molar-refractivity contribution in [2.24, 2.45) is 0 Å². The third-order valence-corrected chi connectivity index (χ3v) is 7.38. The second kappa shape index (κ2) is 10.2. The molecule has 0 saturated carbocycles. The summed E-state index contributed by atoms with van der Waals surface area (Å²) in [6, 6.07) is 17.1. The molecule has 0 radical (unpaired) electrons. The maximum absolute atomic E-state index is 13.4. The molecule has 2 aliphatic heterocycles. The molecule has 5 atom stereocenters. The van der Waals surface area contributed by atoms with Gasteiger partial charge in [-0.05, 0) is 22.9 Å². The van der Waals surface area contributed by atoms with Gasteiger partial charge in [0.15, 0.2) is 5.54 Å². The molecule has 2 aromatic carbocycles. The molecule has 2 aliphatic rings. The van der Waals surface area contributed by atoms with Crippen LogP contribution in [0.2, 0.25) is 0 Å². The summed E-state index contributed by atoms with van der Waals surface area (Å²) in [5, 5.41) is 49.9. The molecule has 2 saturated heterocycles. The van der Waals surface area contributed by atoms with Crippen molar-refractivity contribution in [2.75, 3.05) is 6.61 Å².